The number of nitrogens with one attached hydrogen (secondary N) is 3. The molecular formula is C13H23N5. The summed E-state index contributed by atoms with van der Waals surface area (Å²) in [6, 6.07) is 2.49. The minimum absolute atomic E-state index is 0.489. The van der Waals surface area contributed by atoms with Crippen LogP contribution in [0.3, 0.4) is 0 Å². The maximum atomic E-state index is 4.44. The molecular weight excluding hydrogens is 226 g/mol. The Kier molecular flexibility index (Phi) is 4.75. The third-order valence-corrected chi connectivity index (χ3v) is 3.09. The lowest BCUT2D eigenvalue weighted by Crippen LogP contribution is -2.23. The predicted molar refractivity (Wildman–Crippen MR) is 75.1 cm³/mol. The molecule has 1 saturated heterocycles. The van der Waals surface area contributed by atoms with Gasteiger partial charge in [-0.15, -0.1) is 0 Å². The van der Waals surface area contributed by atoms with E-state index in [4.69, 9.17) is 0 Å². The van der Waals surface area contributed by atoms with Gasteiger partial charge in [-0.3, -0.25) is 0 Å². The minimum Gasteiger partial charge on any atom is -0.370 e. The smallest absolute Gasteiger partial charge is 0.132 e. The van der Waals surface area contributed by atoms with Crippen LogP contribution in [0.1, 0.15) is 32.0 Å². The van der Waals surface area contributed by atoms with E-state index in [0.717, 1.165) is 43.5 Å². The Morgan fingerprint density at radius 3 is 2.94 bits per heavy atom. The number of hydrogen-bond donors (Lipinski definition) is 3. The number of rotatable bonds is 6. The first-order valence-electron chi connectivity index (χ1n) is 6.84. The van der Waals surface area contributed by atoms with Crippen molar-refractivity contribution in [3.63, 3.8) is 0 Å². The van der Waals surface area contributed by atoms with E-state index in [2.05, 4.69) is 32.8 Å². The van der Waals surface area contributed by atoms with Crippen molar-refractivity contribution in [2.75, 3.05) is 30.3 Å². The number of aryl methyl sites for hydroxylation is 1. The second-order valence-electron chi connectivity index (χ2n) is 4.80. The molecule has 0 aromatic carbocycles. The molecule has 0 amide bonds. The van der Waals surface area contributed by atoms with Crippen molar-refractivity contribution in [1.29, 1.82) is 0 Å². The quantitative estimate of drug-likeness (QED) is 0.671. The van der Waals surface area contributed by atoms with E-state index in [0.29, 0.717) is 6.04 Å². The third-order valence-electron chi connectivity index (χ3n) is 3.09. The summed E-state index contributed by atoms with van der Waals surface area (Å²) in [6.07, 6.45) is 3.51. The van der Waals surface area contributed by atoms with Crippen molar-refractivity contribution in [2.24, 2.45) is 0 Å². The van der Waals surface area contributed by atoms with Gasteiger partial charge in [0.2, 0.25) is 0 Å². The topological polar surface area (TPSA) is 61.9 Å². The van der Waals surface area contributed by atoms with Gasteiger partial charge < -0.3 is 16.0 Å². The molecule has 1 atom stereocenters. The van der Waals surface area contributed by atoms with Crippen LogP contribution in [-0.4, -0.2) is 35.6 Å². The Hall–Kier alpha value is -1.36. The zero-order chi connectivity index (χ0) is 12.8. The van der Waals surface area contributed by atoms with E-state index in [1.165, 1.54) is 12.8 Å². The van der Waals surface area contributed by atoms with Gasteiger partial charge in [0.1, 0.15) is 17.5 Å². The average molecular weight is 249 g/mol. The van der Waals surface area contributed by atoms with Crippen LogP contribution in [-0.2, 0) is 0 Å². The van der Waals surface area contributed by atoms with Crippen molar-refractivity contribution in [3.05, 3.63) is 11.9 Å². The Morgan fingerprint density at radius 2 is 2.22 bits per heavy atom. The molecule has 0 saturated carbocycles. The number of aromatic nitrogens is 2. The molecule has 3 N–H and O–H groups in total. The van der Waals surface area contributed by atoms with Gasteiger partial charge in [0.25, 0.3) is 0 Å². The molecule has 0 aliphatic carbocycles. The van der Waals surface area contributed by atoms with Gasteiger partial charge in [-0.05, 0) is 26.3 Å². The van der Waals surface area contributed by atoms with E-state index in [9.17, 15) is 0 Å². The molecule has 1 fully saturated rings. The highest BCUT2D eigenvalue weighted by Gasteiger charge is 2.14. The van der Waals surface area contributed by atoms with Crippen molar-refractivity contribution < 1.29 is 0 Å². The maximum Gasteiger partial charge on any atom is 0.132 e. The minimum atomic E-state index is 0.489. The van der Waals surface area contributed by atoms with Crippen molar-refractivity contribution >= 4 is 11.6 Å². The van der Waals surface area contributed by atoms with E-state index < -0.39 is 0 Å². The lowest BCUT2D eigenvalue weighted by atomic mass is 10.2. The highest BCUT2D eigenvalue weighted by Crippen LogP contribution is 2.14. The molecule has 1 aliphatic heterocycles. The molecule has 5 nitrogen and oxygen atoms in total. The molecule has 0 bridgehead atoms. The summed E-state index contributed by atoms with van der Waals surface area (Å²) < 4.78 is 0. The SMILES string of the molecule is CCCCNc1cc(NC2CCNC2)nc(C)n1. The summed E-state index contributed by atoms with van der Waals surface area (Å²) in [7, 11) is 0. The van der Waals surface area contributed by atoms with Crippen LogP contribution < -0.4 is 16.0 Å². The summed E-state index contributed by atoms with van der Waals surface area (Å²) in [4.78, 5) is 8.84. The number of unbranched alkanes of at least 4 members (excludes halogenated alkanes) is 1. The van der Waals surface area contributed by atoms with Gasteiger partial charge in [-0.2, -0.15) is 0 Å². The lowest BCUT2D eigenvalue weighted by molar-refractivity contribution is 0.784. The second-order valence-corrected chi connectivity index (χ2v) is 4.80. The highest BCUT2D eigenvalue weighted by molar-refractivity contribution is 5.48. The molecule has 100 valence electrons. The molecule has 1 aliphatic rings. The normalized spacial score (nSPS) is 18.9. The monoisotopic (exact) mass is 249 g/mol. The fourth-order valence-electron chi connectivity index (χ4n) is 2.11. The van der Waals surface area contributed by atoms with Crippen LogP contribution in [0.2, 0.25) is 0 Å². The van der Waals surface area contributed by atoms with Gasteiger partial charge in [0.05, 0.1) is 0 Å². The van der Waals surface area contributed by atoms with Gasteiger partial charge in [-0.1, -0.05) is 13.3 Å². The van der Waals surface area contributed by atoms with Crippen LogP contribution in [0.5, 0.6) is 0 Å². The van der Waals surface area contributed by atoms with Crippen LogP contribution >= 0.6 is 0 Å². The van der Waals surface area contributed by atoms with E-state index in [1.54, 1.807) is 0 Å². The molecule has 1 aromatic rings. The molecule has 5 heteroatoms. The molecule has 2 rings (SSSR count). The third kappa shape index (κ3) is 3.84. The maximum absolute atomic E-state index is 4.44. The highest BCUT2D eigenvalue weighted by atomic mass is 15.1. The first-order chi connectivity index (χ1) is 8.78. The van der Waals surface area contributed by atoms with E-state index >= 15 is 0 Å². The fraction of sp³-hybridized carbons (Fsp3) is 0.692. The average Bonchev–Trinajstić information content (AvgIpc) is 2.81. The Morgan fingerprint density at radius 1 is 1.39 bits per heavy atom. The summed E-state index contributed by atoms with van der Waals surface area (Å²) in [5.41, 5.74) is 0. The zero-order valence-corrected chi connectivity index (χ0v) is 11.3. The standard InChI is InChI=1S/C13H23N5/c1-3-4-6-15-12-8-13(17-10(2)16-12)18-11-5-7-14-9-11/h8,11,14H,3-7,9H2,1-2H3,(H2,15,16,17,18). The van der Waals surface area contributed by atoms with Gasteiger partial charge >= 0.3 is 0 Å². The molecule has 0 radical (unpaired) electrons. The van der Waals surface area contributed by atoms with Crippen LogP contribution in [0, 0.1) is 6.92 Å². The Balaban J connectivity index is 1.96. The zero-order valence-electron chi connectivity index (χ0n) is 11.3. The summed E-state index contributed by atoms with van der Waals surface area (Å²) in [6.45, 7) is 7.19. The fourth-order valence-corrected chi connectivity index (χ4v) is 2.11. The van der Waals surface area contributed by atoms with Crippen LogP contribution in [0.25, 0.3) is 0 Å². The van der Waals surface area contributed by atoms with Gasteiger partial charge in [-0.25, -0.2) is 9.97 Å². The molecule has 1 aromatic heterocycles. The number of anilines is 2. The molecule has 18 heavy (non-hydrogen) atoms. The van der Waals surface area contributed by atoms with E-state index in [1.807, 2.05) is 13.0 Å². The van der Waals surface area contributed by atoms with Crippen LogP contribution in [0.15, 0.2) is 6.07 Å². The van der Waals surface area contributed by atoms with Crippen LogP contribution in [0.4, 0.5) is 11.6 Å². The largest absolute Gasteiger partial charge is 0.370 e. The molecule has 0 spiro atoms. The lowest BCUT2D eigenvalue weighted by Gasteiger charge is -2.14. The first-order valence-corrected chi connectivity index (χ1v) is 6.84. The summed E-state index contributed by atoms with van der Waals surface area (Å²) in [5, 5.41) is 10.1. The number of nitrogens with zero attached hydrogens (tertiary/aromatic N) is 2. The van der Waals surface area contributed by atoms with E-state index in [-0.39, 0.29) is 0 Å². The summed E-state index contributed by atoms with van der Waals surface area (Å²) in [5.74, 6) is 2.66. The van der Waals surface area contributed by atoms with Gasteiger partial charge in [0, 0.05) is 25.2 Å². The first kappa shape index (κ1) is 13.1. The number of hydrogen-bond acceptors (Lipinski definition) is 5. The molecule has 2 heterocycles. The molecule has 1 unspecified atom stereocenters. The van der Waals surface area contributed by atoms with Gasteiger partial charge in [0.15, 0.2) is 0 Å². The second kappa shape index (κ2) is 6.54. The van der Waals surface area contributed by atoms with Crippen molar-refractivity contribution in [1.82, 2.24) is 15.3 Å². The summed E-state index contributed by atoms with van der Waals surface area (Å²) >= 11 is 0. The predicted octanol–water partition coefficient (Wildman–Crippen LogP) is 1.77. The Labute approximate surface area is 109 Å². The van der Waals surface area contributed by atoms with Crippen molar-refractivity contribution in [2.45, 2.75) is 39.2 Å². The Bertz CT molecular complexity index is 374. The van der Waals surface area contributed by atoms with Crippen molar-refractivity contribution in [3.8, 4) is 0 Å².